The van der Waals surface area contributed by atoms with Crippen LogP contribution in [0.3, 0.4) is 0 Å². The van der Waals surface area contributed by atoms with Crippen molar-refractivity contribution < 1.29 is 21.6 Å². The topological polar surface area (TPSA) is 88.1 Å². The number of fused-ring (bicyclic) bond motifs is 1. The highest BCUT2D eigenvalue weighted by Crippen LogP contribution is 2.37. The van der Waals surface area contributed by atoms with Gasteiger partial charge in [-0.15, -0.1) is 0 Å². The van der Waals surface area contributed by atoms with Crippen molar-refractivity contribution in [3.05, 3.63) is 72.7 Å². The van der Waals surface area contributed by atoms with Crippen LogP contribution in [0.4, 0.5) is 24.7 Å². The maximum absolute atomic E-state index is 13.4. The predicted molar refractivity (Wildman–Crippen MR) is 121 cm³/mol. The molecule has 174 valence electrons. The van der Waals surface area contributed by atoms with Crippen LogP contribution in [-0.2, 0) is 16.2 Å². The normalized spacial score (nSPS) is 14.7. The van der Waals surface area contributed by atoms with Gasteiger partial charge in [0, 0.05) is 35.9 Å². The molecular formula is C23H18F3N5O2S. The lowest BCUT2D eigenvalue weighted by Crippen LogP contribution is -2.41. The first-order valence-electron chi connectivity index (χ1n) is 10.4. The minimum Gasteiger partial charge on any atom is -0.340 e. The predicted octanol–water partition coefficient (Wildman–Crippen LogP) is 4.85. The zero-order valence-corrected chi connectivity index (χ0v) is 18.4. The molecule has 4 aromatic rings. The fourth-order valence-electron chi connectivity index (χ4n) is 3.69. The van der Waals surface area contributed by atoms with Crippen LogP contribution in [0.2, 0.25) is 0 Å². The molecule has 2 aromatic heterocycles. The summed E-state index contributed by atoms with van der Waals surface area (Å²) in [7, 11) is -3.48. The Bertz CT molecular complexity index is 1470. The van der Waals surface area contributed by atoms with Gasteiger partial charge < -0.3 is 5.32 Å². The lowest BCUT2D eigenvalue weighted by molar-refractivity contribution is -0.137. The highest BCUT2D eigenvalue weighted by Gasteiger charge is 2.34. The number of pyridine rings is 1. The molecule has 5 rings (SSSR count). The van der Waals surface area contributed by atoms with E-state index in [1.54, 1.807) is 18.2 Å². The van der Waals surface area contributed by atoms with E-state index in [1.807, 2.05) is 0 Å². The van der Waals surface area contributed by atoms with E-state index in [9.17, 15) is 21.6 Å². The summed E-state index contributed by atoms with van der Waals surface area (Å²) in [6.45, 7) is 1.06. The summed E-state index contributed by atoms with van der Waals surface area (Å²) in [5.74, 6) is 0.437. The van der Waals surface area contributed by atoms with Crippen molar-refractivity contribution in [2.75, 3.05) is 18.4 Å². The molecule has 0 aliphatic carbocycles. The number of halogens is 3. The number of hydrogen-bond donors (Lipinski definition) is 1. The van der Waals surface area contributed by atoms with E-state index >= 15 is 0 Å². The van der Waals surface area contributed by atoms with E-state index in [4.69, 9.17) is 0 Å². The Kier molecular flexibility index (Phi) is 5.45. The molecule has 7 nitrogen and oxygen atoms in total. The maximum atomic E-state index is 13.4. The van der Waals surface area contributed by atoms with Gasteiger partial charge in [0.05, 0.1) is 21.7 Å². The molecule has 11 heteroatoms. The molecule has 1 saturated heterocycles. The average Bonchev–Trinajstić information content (AvgIpc) is 2.77. The number of nitrogens with one attached hydrogen (secondary N) is 1. The molecule has 1 fully saturated rings. The van der Waals surface area contributed by atoms with Crippen molar-refractivity contribution in [3.63, 3.8) is 0 Å². The zero-order chi connectivity index (χ0) is 23.9. The second-order valence-corrected chi connectivity index (χ2v) is 9.70. The highest BCUT2D eigenvalue weighted by molar-refractivity contribution is 7.89. The van der Waals surface area contributed by atoms with Gasteiger partial charge in [-0.05, 0) is 55.0 Å². The van der Waals surface area contributed by atoms with Crippen molar-refractivity contribution in [2.45, 2.75) is 17.5 Å². The minimum atomic E-state index is -4.54. The Morgan fingerprint density at radius 3 is 2.38 bits per heavy atom. The Hall–Kier alpha value is -3.57. The molecule has 34 heavy (non-hydrogen) atoms. The fourth-order valence-corrected chi connectivity index (χ4v) is 5.21. The summed E-state index contributed by atoms with van der Waals surface area (Å²) in [6.07, 6.45) is -1.06. The first-order chi connectivity index (χ1) is 16.2. The van der Waals surface area contributed by atoms with Crippen molar-refractivity contribution in [1.82, 2.24) is 19.3 Å². The Morgan fingerprint density at radius 2 is 1.71 bits per heavy atom. The molecule has 0 bridgehead atoms. The number of benzene rings is 2. The number of anilines is 2. The summed E-state index contributed by atoms with van der Waals surface area (Å²) in [6, 6.07) is 13.3. The van der Waals surface area contributed by atoms with Crippen LogP contribution >= 0.6 is 0 Å². The number of alkyl halides is 3. The summed E-state index contributed by atoms with van der Waals surface area (Å²) >= 11 is 0. The second kappa shape index (κ2) is 8.33. The lowest BCUT2D eigenvalue weighted by atomic mass is 10.0. The molecule has 3 heterocycles. The van der Waals surface area contributed by atoms with Crippen LogP contribution in [0.25, 0.3) is 22.2 Å². The average molecular weight is 485 g/mol. The lowest BCUT2D eigenvalue weighted by Gasteiger charge is -2.29. The van der Waals surface area contributed by atoms with Crippen molar-refractivity contribution in [2.24, 2.45) is 0 Å². The van der Waals surface area contributed by atoms with Gasteiger partial charge in [-0.2, -0.15) is 17.5 Å². The molecule has 1 aliphatic rings. The Labute approximate surface area is 193 Å². The minimum absolute atomic E-state index is 0.177. The van der Waals surface area contributed by atoms with E-state index in [0.29, 0.717) is 35.5 Å². The molecule has 0 radical (unpaired) electrons. The molecule has 1 N–H and O–H groups in total. The van der Waals surface area contributed by atoms with Gasteiger partial charge in [-0.3, -0.25) is 4.98 Å². The monoisotopic (exact) mass is 485 g/mol. The Morgan fingerprint density at radius 1 is 0.941 bits per heavy atom. The number of sulfonamides is 1. The van der Waals surface area contributed by atoms with E-state index in [1.165, 1.54) is 47.2 Å². The third-order valence-electron chi connectivity index (χ3n) is 5.59. The van der Waals surface area contributed by atoms with Crippen LogP contribution in [0.5, 0.6) is 0 Å². The Balaban J connectivity index is 1.45. The third-order valence-corrected chi connectivity index (χ3v) is 7.51. The van der Waals surface area contributed by atoms with Gasteiger partial charge in [0.15, 0.2) is 0 Å². The van der Waals surface area contributed by atoms with Crippen molar-refractivity contribution in [3.8, 4) is 11.3 Å². The molecule has 0 atom stereocenters. The van der Waals surface area contributed by atoms with E-state index in [0.717, 1.165) is 12.5 Å². The van der Waals surface area contributed by atoms with E-state index < -0.39 is 21.8 Å². The van der Waals surface area contributed by atoms with Crippen molar-refractivity contribution in [1.29, 1.82) is 0 Å². The molecule has 0 saturated carbocycles. The van der Waals surface area contributed by atoms with Gasteiger partial charge in [0.2, 0.25) is 10.0 Å². The number of aromatic nitrogens is 3. The SMILES string of the molecule is O=S(=O)(c1ccc(Nc2ncnc3cc(-c4ncccc4C(F)(F)F)ccc23)cc1)N1CCC1. The van der Waals surface area contributed by atoms with Crippen LogP contribution in [0, 0.1) is 0 Å². The van der Waals surface area contributed by atoms with Crippen molar-refractivity contribution >= 4 is 32.4 Å². The third kappa shape index (κ3) is 4.08. The summed E-state index contributed by atoms with van der Waals surface area (Å²) in [5, 5.41) is 3.71. The summed E-state index contributed by atoms with van der Waals surface area (Å²) in [4.78, 5) is 12.6. The van der Waals surface area contributed by atoms with Gasteiger partial charge in [-0.25, -0.2) is 18.4 Å². The van der Waals surface area contributed by atoms with E-state index in [2.05, 4.69) is 20.3 Å². The summed E-state index contributed by atoms with van der Waals surface area (Å²) < 4.78 is 66.7. The number of rotatable bonds is 5. The highest BCUT2D eigenvalue weighted by atomic mass is 32.2. The second-order valence-electron chi connectivity index (χ2n) is 7.76. The van der Waals surface area contributed by atoms with Gasteiger partial charge in [0.25, 0.3) is 0 Å². The smallest absolute Gasteiger partial charge is 0.340 e. The first-order valence-corrected chi connectivity index (χ1v) is 11.8. The molecule has 0 spiro atoms. The molecule has 1 aliphatic heterocycles. The number of nitrogens with zero attached hydrogens (tertiary/aromatic N) is 4. The van der Waals surface area contributed by atoms with Gasteiger partial charge in [0.1, 0.15) is 12.1 Å². The molecule has 2 aromatic carbocycles. The van der Waals surface area contributed by atoms with Gasteiger partial charge >= 0.3 is 6.18 Å². The van der Waals surface area contributed by atoms with Crippen LogP contribution in [-0.4, -0.2) is 40.8 Å². The van der Waals surface area contributed by atoms with Crippen LogP contribution in [0.15, 0.2) is 72.0 Å². The molecular weight excluding hydrogens is 467 g/mol. The molecule has 0 amide bonds. The fraction of sp³-hybridized carbons (Fsp3) is 0.174. The summed E-state index contributed by atoms with van der Waals surface area (Å²) in [5.41, 5.74) is 0.325. The van der Waals surface area contributed by atoms with Crippen LogP contribution in [0.1, 0.15) is 12.0 Å². The standard InChI is InChI=1S/C23H18F3N5O2S/c24-23(25,26)19-3-1-10-27-21(19)15-4-9-18-20(13-15)28-14-29-22(18)30-16-5-7-17(8-6-16)34(32,33)31-11-2-12-31/h1,3-10,13-14H,2,11-12H2,(H,28,29,30). The van der Waals surface area contributed by atoms with Crippen LogP contribution < -0.4 is 5.32 Å². The molecule has 0 unspecified atom stereocenters. The largest absolute Gasteiger partial charge is 0.418 e. The number of hydrogen-bond acceptors (Lipinski definition) is 6. The van der Waals surface area contributed by atoms with Gasteiger partial charge in [-0.1, -0.05) is 6.07 Å². The maximum Gasteiger partial charge on any atom is 0.418 e. The van der Waals surface area contributed by atoms with E-state index in [-0.39, 0.29) is 16.2 Å². The zero-order valence-electron chi connectivity index (χ0n) is 17.6. The first kappa shape index (κ1) is 22.2. The quantitative estimate of drug-likeness (QED) is 0.435.